The Morgan fingerprint density at radius 2 is 2.00 bits per heavy atom. The molecule has 2 fully saturated rings. The van der Waals surface area contributed by atoms with Crippen molar-refractivity contribution >= 4 is 12.0 Å². The molecule has 1 aromatic carbocycles. The van der Waals surface area contributed by atoms with Crippen molar-refractivity contribution in [3.63, 3.8) is 0 Å². The average molecular weight is 241 g/mol. The van der Waals surface area contributed by atoms with Gasteiger partial charge in [0, 0.05) is 12.1 Å². The number of amides is 1. The molecule has 3 rings (SSSR count). The zero-order valence-corrected chi connectivity index (χ0v) is 10.5. The van der Waals surface area contributed by atoms with Gasteiger partial charge in [-0.1, -0.05) is 36.8 Å². The van der Waals surface area contributed by atoms with Gasteiger partial charge in [-0.2, -0.15) is 0 Å². The Kier molecular flexibility index (Phi) is 3.18. The van der Waals surface area contributed by atoms with E-state index in [1.165, 1.54) is 25.7 Å². The molecule has 2 saturated carbocycles. The maximum absolute atomic E-state index is 11.9. The SMILES string of the molecule is O=C(/C=C/c1ccccc1)N[C@H]1C[C@H]2CC[C@@H]1C2. The molecule has 3 atom stereocenters. The van der Waals surface area contributed by atoms with Gasteiger partial charge in [-0.25, -0.2) is 0 Å². The highest BCUT2D eigenvalue weighted by Crippen LogP contribution is 2.44. The van der Waals surface area contributed by atoms with Gasteiger partial charge in [0.1, 0.15) is 0 Å². The van der Waals surface area contributed by atoms with Gasteiger partial charge in [-0.3, -0.25) is 4.79 Å². The van der Waals surface area contributed by atoms with Gasteiger partial charge >= 0.3 is 0 Å². The summed E-state index contributed by atoms with van der Waals surface area (Å²) in [5.74, 6) is 1.67. The van der Waals surface area contributed by atoms with Gasteiger partial charge in [0.25, 0.3) is 0 Å². The van der Waals surface area contributed by atoms with E-state index in [9.17, 15) is 4.79 Å². The molecule has 94 valence electrons. The summed E-state index contributed by atoms with van der Waals surface area (Å²) in [6, 6.07) is 10.4. The minimum atomic E-state index is 0.0522. The minimum Gasteiger partial charge on any atom is -0.350 e. The van der Waals surface area contributed by atoms with Crippen LogP contribution >= 0.6 is 0 Å². The van der Waals surface area contributed by atoms with E-state index < -0.39 is 0 Å². The molecule has 2 nitrogen and oxygen atoms in total. The summed E-state index contributed by atoms with van der Waals surface area (Å²) >= 11 is 0. The van der Waals surface area contributed by atoms with E-state index in [0.29, 0.717) is 6.04 Å². The lowest BCUT2D eigenvalue weighted by Gasteiger charge is -2.22. The van der Waals surface area contributed by atoms with Crippen LogP contribution in [0.2, 0.25) is 0 Å². The number of hydrogen-bond acceptors (Lipinski definition) is 1. The van der Waals surface area contributed by atoms with Crippen LogP contribution in [-0.4, -0.2) is 11.9 Å². The normalized spacial score (nSPS) is 29.9. The van der Waals surface area contributed by atoms with Crippen molar-refractivity contribution in [1.29, 1.82) is 0 Å². The van der Waals surface area contributed by atoms with Crippen LogP contribution in [0.1, 0.15) is 31.2 Å². The fourth-order valence-corrected chi connectivity index (χ4v) is 3.39. The maximum atomic E-state index is 11.9. The number of benzene rings is 1. The fourth-order valence-electron chi connectivity index (χ4n) is 3.39. The number of fused-ring (bicyclic) bond motifs is 2. The summed E-state index contributed by atoms with van der Waals surface area (Å²) < 4.78 is 0. The first-order valence-corrected chi connectivity index (χ1v) is 6.85. The summed E-state index contributed by atoms with van der Waals surface area (Å²) in [7, 11) is 0. The number of nitrogens with one attached hydrogen (secondary N) is 1. The molecule has 2 aliphatic carbocycles. The Bertz CT molecular complexity index is 451. The van der Waals surface area contributed by atoms with Crippen LogP contribution < -0.4 is 5.32 Å². The van der Waals surface area contributed by atoms with Crippen molar-refractivity contribution in [2.45, 2.75) is 31.7 Å². The highest BCUT2D eigenvalue weighted by Gasteiger charge is 2.39. The Labute approximate surface area is 108 Å². The van der Waals surface area contributed by atoms with Crippen LogP contribution in [0.3, 0.4) is 0 Å². The third-order valence-corrected chi connectivity index (χ3v) is 4.29. The van der Waals surface area contributed by atoms with E-state index in [1.54, 1.807) is 6.08 Å². The van der Waals surface area contributed by atoms with Crippen LogP contribution in [0, 0.1) is 11.8 Å². The molecule has 0 unspecified atom stereocenters. The molecule has 18 heavy (non-hydrogen) atoms. The minimum absolute atomic E-state index is 0.0522. The van der Waals surface area contributed by atoms with E-state index in [2.05, 4.69) is 5.32 Å². The Hall–Kier alpha value is -1.57. The zero-order chi connectivity index (χ0) is 12.4. The second-order valence-electron chi connectivity index (χ2n) is 5.53. The molecule has 0 aromatic heterocycles. The lowest BCUT2D eigenvalue weighted by molar-refractivity contribution is -0.117. The van der Waals surface area contributed by atoms with E-state index in [4.69, 9.17) is 0 Å². The van der Waals surface area contributed by atoms with Crippen molar-refractivity contribution in [3.05, 3.63) is 42.0 Å². The first-order chi connectivity index (χ1) is 8.81. The van der Waals surface area contributed by atoms with Gasteiger partial charge in [0.05, 0.1) is 0 Å². The Morgan fingerprint density at radius 1 is 1.17 bits per heavy atom. The lowest BCUT2D eigenvalue weighted by atomic mass is 9.95. The van der Waals surface area contributed by atoms with Gasteiger partial charge < -0.3 is 5.32 Å². The van der Waals surface area contributed by atoms with Crippen LogP contribution in [-0.2, 0) is 4.79 Å². The molecule has 1 amide bonds. The largest absolute Gasteiger partial charge is 0.350 e. The van der Waals surface area contributed by atoms with Gasteiger partial charge in [0.15, 0.2) is 0 Å². The van der Waals surface area contributed by atoms with E-state index in [0.717, 1.165) is 17.4 Å². The quantitative estimate of drug-likeness (QED) is 0.810. The van der Waals surface area contributed by atoms with E-state index in [1.807, 2.05) is 36.4 Å². The molecule has 2 aliphatic rings. The first kappa shape index (κ1) is 11.5. The third-order valence-electron chi connectivity index (χ3n) is 4.29. The van der Waals surface area contributed by atoms with Crippen LogP contribution in [0.5, 0.6) is 0 Å². The summed E-state index contributed by atoms with van der Waals surface area (Å²) in [4.78, 5) is 11.9. The second kappa shape index (κ2) is 4.97. The number of rotatable bonds is 3. The monoisotopic (exact) mass is 241 g/mol. The maximum Gasteiger partial charge on any atom is 0.244 e. The zero-order valence-electron chi connectivity index (χ0n) is 10.5. The third kappa shape index (κ3) is 2.47. The molecule has 0 heterocycles. The lowest BCUT2D eigenvalue weighted by Crippen LogP contribution is -2.37. The molecule has 1 aromatic rings. The Balaban J connectivity index is 1.55. The summed E-state index contributed by atoms with van der Waals surface area (Å²) in [5.41, 5.74) is 1.07. The van der Waals surface area contributed by atoms with Crippen molar-refractivity contribution in [3.8, 4) is 0 Å². The molecular weight excluding hydrogens is 222 g/mol. The smallest absolute Gasteiger partial charge is 0.244 e. The molecule has 0 radical (unpaired) electrons. The molecule has 0 saturated heterocycles. The predicted octanol–water partition coefficient (Wildman–Crippen LogP) is 3.00. The van der Waals surface area contributed by atoms with Crippen molar-refractivity contribution in [2.75, 3.05) is 0 Å². The second-order valence-corrected chi connectivity index (χ2v) is 5.53. The number of carbonyl (C=O) groups excluding carboxylic acids is 1. The van der Waals surface area contributed by atoms with Crippen molar-refractivity contribution in [2.24, 2.45) is 11.8 Å². The highest BCUT2D eigenvalue weighted by molar-refractivity contribution is 5.91. The molecular formula is C16H19NO. The standard InChI is InChI=1S/C16H19NO/c18-16(9-7-12-4-2-1-3-5-12)17-15-11-13-6-8-14(15)10-13/h1-5,7,9,13-15H,6,8,10-11H2,(H,17,18)/b9-7+/t13-,14+,15-/m0/s1. The van der Waals surface area contributed by atoms with Gasteiger partial charge in [0.2, 0.25) is 5.91 Å². The number of carbonyl (C=O) groups is 1. The molecule has 0 aliphatic heterocycles. The van der Waals surface area contributed by atoms with E-state index in [-0.39, 0.29) is 5.91 Å². The predicted molar refractivity (Wildman–Crippen MR) is 72.9 cm³/mol. The molecule has 2 bridgehead atoms. The number of hydrogen-bond donors (Lipinski definition) is 1. The first-order valence-electron chi connectivity index (χ1n) is 6.85. The van der Waals surface area contributed by atoms with Crippen LogP contribution in [0.15, 0.2) is 36.4 Å². The average Bonchev–Trinajstić information content (AvgIpc) is 3.00. The van der Waals surface area contributed by atoms with Crippen molar-refractivity contribution in [1.82, 2.24) is 5.32 Å². The summed E-state index contributed by atoms with van der Waals surface area (Å²) in [5, 5.41) is 3.15. The van der Waals surface area contributed by atoms with Gasteiger partial charge in [-0.15, -0.1) is 0 Å². The summed E-state index contributed by atoms with van der Waals surface area (Å²) in [6.07, 6.45) is 8.72. The fraction of sp³-hybridized carbons (Fsp3) is 0.438. The molecule has 0 spiro atoms. The van der Waals surface area contributed by atoms with E-state index >= 15 is 0 Å². The molecule has 2 heteroatoms. The summed E-state index contributed by atoms with van der Waals surface area (Å²) in [6.45, 7) is 0. The topological polar surface area (TPSA) is 29.1 Å². The van der Waals surface area contributed by atoms with Crippen LogP contribution in [0.25, 0.3) is 6.08 Å². The van der Waals surface area contributed by atoms with Gasteiger partial charge in [-0.05, 0) is 42.7 Å². The van der Waals surface area contributed by atoms with Crippen molar-refractivity contribution < 1.29 is 4.79 Å². The Morgan fingerprint density at radius 3 is 2.67 bits per heavy atom. The molecule has 1 N–H and O–H groups in total. The highest BCUT2D eigenvalue weighted by atomic mass is 16.1. The van der Waals surface area contributed by atoms with Crippen LogP contribution in [0.4, 0.5) is 0 Å².